The zero-order chi connectivity index (χ0) is 16.4. The lowest BCUT2D eigenvalue weighted by atomic mass is 10.1. The van der Waals surface area contributed by atoms with Gasteiger partial charge in [-0.25, -0.2) is 9.13 Å². The molecule has 0 rings (SSSR count). The van der Waals surface area contributed by atoms with E-state index in [0.717, 1.165) is 44.9 Å². The molecule has 0 radical (unpaired) electrons. The summed E-state index contributed by atoms with van der Waals surface area (Å²) in [6.07, 6.45) is 7.04. The Labute approximate surface area is 125 Å². The smallest absolute Gasteiger partial charge is 0.393 e. The molecule has 0 aliphatic heterocycles. The van der Waals surface area contributed by atoms with E-state index in [1.165, 1.54) is 0 Å². The SMILES string of the molecule is CC(O)CCCCCCCCCOP(=O)(O)OP(=O)(O)O. The van der Waals surface area contributed by atoms with Crippen LogP contribution in [0.15, 0.2) is 0 Å². The number of phosphoric acid groups is 2. The van der Waals surface area contributed by atoms with Gasteiger partial charge in [0.25, 0.3) is 0 Å². The molecule has 0 aromatic heterocycles. The molecule has 0 aliphatic rings. The van der Waals surface area contributed by atoms with Crippen molar-refractivity contribution in [2.75, 3.05) is 6.61 Å². The first-order valence-corrected chi connectivity index (χ1v) is 10.1. The first kappa shape index (κ1) is 21.2. The van der Waals surface area contributed by atoms with Crippen LogP contribution in [0.5, 0.6) is 0 Å². The van der Waals surface area contributed by atoms with E-state index >= 15 is 0 Å². The van der Waals surface area contributed by atoms with Crippen LogP contribution >= 0.6 is 15.6 Å². The lowest BCUT2D eigenvalue weighted by Gasteiger charge is -2.12. The maximum absolute atomic E-state index is 11.1. The van der Waals surface area contributed by atoms with Crippen molar-refractivity contribution in [3.05, 3.63) is 0 Å². The number of hydrogen-bond acceptors (Lipinski definition) is 5. The molecule has 0 saturated carbocycles. The fourth-order valence-electron chi connectivity index (χ4n) is 1.76. The molecule has 21 heavy (non-hydrogen) atoms. The van der Waals surface area contributed by atoms with Crippen molar-refractivity contribution < 1.29 is 37.8 Å². The Bertz CT molecular complexity index is 354. The first-order chi connectivity index (χ1) is 9.62. The molecule has 128 valence electrons. The largest absolute Gasteiger partial charge is 0.481 e. The summed E-state index contributed by atoms with van der Waals surface area (Å²) in [6, 6.07) is 0. The topological polar surface area (TPSA) is 134 Å². The van der Waals surface area contributed by atoms with Crippen molar-refractivity contribution in [1.29, 1.82) is 0 Å². The van der Waals surface area contributed by atoms with Gasteiger partial charge in [-0.05, 0) is 19.8 Å². The molecule has 2 unspecified atom stereocenters. The van der Waals surface area contributed by atoms with E-state index in [-0.39, 0.29) is 12.7 Å². The Kier molecular flexibility index (Phi) is 11.0. The van der Waals surface area contributed by atoms with Gasteiger partial charge in [-0.1, -0.05) is 38.5 Å². The standard InChI is InChI=1S/C11H26O8P2/c1-11(12)9-7-5-3-2-4-6-8-10-18-21(16,17)19-20(13,14)15/h11-12H,2-10H2,1H3,(H,16,17)(H2,13,14,15). The summed E-state index contributed by atoms with van der Waals surface area (Å²) in [4.78, 5) is 25.8. The number of rotatable bonds is 13. The van der Waals surface area contributed by atoms with E-state index in [2.05, 4.69) is 8.83 Å². The highest BCUT2D eigenvalue weighted by molar-refractivity contribution is 7.60. The van der Waals surface area contributed by atoms with E-state index in [1.54, 1.807) is 6.92 Å². The van der Waals surface area contributed by atoms with E-state index in [1.807, 2.05) is 0 Å². The van der Waals surface area contributed by atoms with E-state index < -0.39 is 15.6 Å². The zero-order valence-electron chi connectivity index (χ0n) is 12.3. The van der Waals surface area contributed by atoms with Crippen molar-refractivity contribution in [3.63, 3.8) is 0 Å². The normalized spacial score (nSPS) is 16.6. The van der Waals surface area contributed by atoms with E-state index in [9.17, 15) is 9.13 Å². The van der Waals surface area contributed by atoms with Crippen LogP contribution in [-0.2, 0) is 18.0 Å². The fourth-order valence-corrected chi connectivity index (χ4v) is 3.39. The van der Waals surface area contributed by atoms with Gasteiger partial charge in [-0.15, -0.1) is 0 Å². The second-order valence-corrected chi connectivity index (χ2v) is 7.82. The average molecular weight is 348 g/mol. The molecule has 0 aliphatic carbocycles. The van der Waals surface area contributed by atoms with Crippen LogP contribution in [0.1, 0.15) is 58.3 Å². The molecule has 10 heteroatoms. The molecule has 0 spiro atoms. The molecule has 0 bridgehead atoms. The Hall–Kier alpha value is 0.220. The summed E-state index contributed by atoms with van der Waals surface area (Å²) in [5, 5.41) is 9.07. The number of aliphatic hydroxyl groups excluding tert-OH is 1. The molecule has 4 N–H and O–H groups in total. The van der Waals surface area contributed by atoms with E-state index in [0.29, 0.717) is 6.42 Å². The maximum Gasteiger partial charge on any atom is 0.481 e. The summed E-state index contributed by atoms with van der Waals surface area (Å²) in [5.41, 5.74) is 0. The summed E-state index contributed by atoms with van der Waals surface area (Å²) < 4.78 is 29.6. The summed E-state index contributed by atoms with van der Waals surface area (Å²) >= 11 is 0. The Morgan fingerprint density at radius 3 is 1.86 bits per heavy atom. The zero-order valence-corrected chi connectivity index (χ0v) is 14.0. The lowest BCUT2D eigenvalue weighted by molar-refractivity contribution is 0.175. The quantitative estimate of drug-likeness (QED) is 0.295. The van der Waals surface area contributed by atoms with E-state index in [4.69, 9.17) is 19.8 Å². The Morgan fingerprint density at radius 1 is 0.905 bits per heavy atom. The molecule has 0 heterocycles. The van der Waals surface area contributed by atoms with Crippen molar-refractivity contribution in [3.8, 4) is 0 Å². The number of aliphatic hydroxyl groups is 1. The van der Waals surface area contributed by atoms with Gasteiger partial charge in [0, 0.05) is 0 Å². The third kappa shape index (κ3) is 16.4. The Morgan fingerprint density at radius 2 is 1.38 bits per heavy atom. The third-order valence-corrected chi connectivity index (χ3v) is 4.92. The summed E-state index contributed by atoms with van der Waals surface area (Å²) in [7, 11) is -9.71. The molecule has 0 aromatic carbocycles. The monoisotopic (exact) mass is 348 g/mol. The van der Waals surface area contributed by atoms with Gasteiger partial charge in [0.1, 0.15) is 0 Å². The van der Waals surface area contributed by atoms with Crippen LogP contribution in [0.3, 0.4) is 0 Å². The van der Waals surface area contributed by atoms with Gasteiger partial charge in [-0.2, -0.15) is 4.31 Å². The predicted octanol–water partition coefficient (Wildman–Crippen LogP) is 2.71. The van der Waals surface area contributed by atoms with Gasteiger partial charge >= 0.3 is 15.6 Å². The molecule has 0 amide bonds. The molecule has 0 fully saturated rings. The van der Waals surface area contributed by atoms with Crippen LogP contribution in [-0.4, -0.2) is 32.5 Å². The second-order valence-electron chi connectivity index (χ2n) is 4.99. The second kappa shape index (κ2) is 10.9. The lowest BCUT2D eigenvalue weighted by Crippen LogP contribution is -1.98. The first-order valence-electron chi connectivity index (χ1n) is 7.05. The highest BCUT2D eigenvalue weighted by atomic mass is 31.3. The molecular weight excluding hydrogens is 322 g/mol. The molecule has 2 atom stereocenters. The maximum atomic E-state index is 11.1. The number of phosphoric ester groups is 1. The van der Waals surface area contributed by atoms with Crippen LogP contribution in [0.4, 0.5) is 0 Å². The van der Waals surface area contributed by atoms with Crippen LogP contribution < -0.4 is 0 Å². The molecule has 0 saturated heterocycles. The van der Waals surface area contributed by atoms with Crippen LogP contribution in [0.25, 0.3) is 0 Å². The highest BCUT2D eigenvalue weighted by Crippen LogP contribution is 2.57. The van der Waals surface area contributed by atoms with Crippen molar-refractivity contribution >= 4 is 15.6 Å². The number of hydrogen-bond donors (Lipinski definition) is 4. The molecular formula is C11H26O8P2. The number of unbranched alkanes of at least 4 members (excludes halogenated alkanes) is 6. The minimum absolute atomic E-state index is 0.0875. The van der Waals surface area contributed by atoms with Crippen molar-refractivity contribution in [2.45, 2.75) is 64.4 Å². The van der Waals surface area contributed by atoms with Gasteiger partial charge in [-0.3, -0.25) is 4.52 Å². The van der Waals surface area contributed by atoms with Crippen LogP contribution in [0.2, 0.25) is 0 Å². The summed E-state index contributed by atoms with van der Waals surface area (Å²) in [5.74, 6) is 0. The van der Waals surface area contributed by atoms with Crippen molar-refractivity contribution in [1.82, 2.24) is 0 Å². The van der Waals surface area contributed by atoms with Gasteiger partial charge in [0.15, 0.2) is 0 Å². The average Bonchev–Trinajstić information content (AvgIpc) is 2.27. The van der Waals surface area contributed by atoms with Gasteiger partial charge in [0.05, 0.1) is 12.7 Å². The van der Waals surface area contributed by atoms with Crippen molar-refractivity contribution in [2.24, 2.45) is 0 Å². The molecule has 8 nitrogen and oxygen atoms in total. The predicted molar refractivity (Wildman–Crippen MR) is 77.5 cm³/mol. The Balaban J connectivity index is 3.44. The third-order valence-electron chi connectivity index (χ3n) is 2.73. The van der Waals surface area contributed by atoms with Gasteiger partial charge < -0.3 is 19.8 Å². The minimum atomic E-state index is -5.03. The minimum Gasteiger partial charge on any atom is -0.393 e. The van der Waals surface area contributed by atoms with Crippen LogP contribution in [0, 0.1) is 0 Å². The van der Waals surface area contributed by atoms with Gasteiger partial charge in [0.2, 0.25) is 0 Å². The molecule has 0 aromatic rings. The fraction of sp³-hybridized carbons (Fsp3) is 1.00. The highest BCUT2D eigenvalue weighted by Gasteiger charge is 2.31. The summed E-state index contributed by atoms with van der Waals surface area (Å²) in [6.45, 7) is 1.69.